The normalized spacial score (nSPS) is 14.1. The molecule has 5 rings (SSSR count). The zero-order valence-electron chi connectivity index (χ0n) is 20.0. The van der Waals surface area contributed by atoms with Crippen LogP contribution in [0.25, 0.3) is 16.9 Å². The molecule has 7 heteroatoms. The molecule has 1 aliphatic rings. The van der Waals surface area contributed by atoms with E-state index in [1.807, 2.05) is 29.7 Å². The van der Waals surface area contributed by atoms with E-state index in [1.54, 1.807) is 6.92 Å². The van der Waals surface area contributed by atoms with Gasteiger partial charge in [0.15, 0.2) is 5.65 Å². The molecule has 3 aromatic heterocycles. The van der Waals surface area contributed by atoms with Crippen molar-refractivity contribution in [3.05, 3.63) is 77.5 Å². The Balaban J connectivity index is 1.31. The molecule has 1 aliphatic heterocycles. The highest BCUT2D eigenvalue weighted by molar-refractivity contribution is 5.73. The van der Waals surface area contributed by atoms with E-state index >= 15 is 0 Å². The van der Waals surface area contributed by atoms with Crippen LogP contribution in [0.3, 0.4) is 0 Å². The second kappa shape index (κ2) is 9.25. The number of imidazole rings is 1. The maximum atomic E-state index is 11.6. The van der Waals surface area contributed by atoms with Gasteiger partial charge in [-0.15, -0.1) is 0 Å². The lowest BCUT2D eigenvalue weighted by Gasteiger charge is -2.35. The molecule has 0 atom stereocenters. The first-order valence-corrected chi connectivity index (χ1v) is 11.8. The van der Waals surface area contributed by atoms with Gasteiger partial charge in [-0.05, 0) is 43.9 Å². The Kier molecular flexibility index (Phi) is 6.01. The van der Waals surface area contributed by atoms with Gasteiger partial charge in [0.1, 0.15) is 5.82 Å². The molecule has 1 fully saturated rings. The van der Waals surface area contributed by atoms with Crippen LogP contribution in [0.1, 0.15) is 29.3 Å². The van der Waals surface area contributed by atoms with Gasteiger partial charge in [0.25, 0.3) is 0 Å². The smallest absolute Gasteiger partial charge is 0.219 e. The first kappa shape index (κ1) is 22.1. The van der Waals surface area contributed by atoms with Gasteiger partial charge in [-0.1, -0.05) is 29.8 Å². The summed E-state index contributed by atoms with van der Waals surface area (Å²) in [4.78, 5) is 29.9. The Morgan fingerprint density at radius 1 is 0.971 bits per heavy atom. The van der Waals surface area contributed by atoms with Crippen LogP contribution in [0.5, 0.6) is 0 Å². The Labute approximate surface area is 200 Å². The second-order valence-electron chi connectivity index (χ2n) is 9.06. The van der Waals surface area contributed by atoms with E-state index in [9.17, 15) is 4.79 Å². The topological polar surface area (TPSA) is 66.6 Å². The van der Waals surface area contributed by atoms with E-state index in [1.165, 1.54) is 16.7 Å². The number of benzene rings is 1. The highest BCUT2D eigenvalue weighted by Crippen LogP contribution is 2.24. The Hall–Kier alpha value is -3.74. The molecule has 174 valence electrons. The standard InChI is InChI=1S/C27H30N6O/c1-19-5-4-6-23(15-19)26-20(2)16-22(17-29-26)7-8-24-27-30-18-25(33(27)10-9-28-24)32-13-11-31(12-14-32)21(3)34/h4-6,9-10,15-18H,7-8,11-14H2,1-3H3. The van der Waals surface area contributed by atoms with E-state index in [2.05, 4.69) is 58.5 Å². The van der Waals surface area contributed by atoms with Gasteiger partial charge >= 0.3 is 0 Å². The molecule has 1 aromatic carbocycles. The van der Waals surface area contributed by atoms with Gasteiger partial charge in [0.05, 0.1) is 17.6 Å². The summed E-state index contributed by atoms with van der Waals surface area (Å²) in [5, 5.41) is 0. The molecule has 0 N–H and O–H groups in total. The summed E-state index contributed by atoms with van der Waals surface area (Å²) >= 11 is 0. The zero-order chi connectivity index (χ0) is 23.7. The molecule has 4 aromatic rings. The van der Waals surface area contributed by atoms with Crippen LogP contribution in [-0.4, -0.2) is 56.3 Å². The molecule has 0 unspecified atom stereocenters. The minimum absolute atomic E-state index is 0.140. The summed E-state index contributed by atoms with van der Waals surface area (Å²) in [5.41, 5.74) is 7.69. The summed E-state index contributed by atoms with van der Waals surface area (Å²) in [6.45, 7) is 8.96. The van der Waals surface area contributed by atoms with Crippen molar-refractivity contribution in [3.63, 3.8) is 0 Å². The number of hydrogen-bond acceptors (Lipinski definition) is 5. The Bertz CT molecular complexity index is 1340. The number of rotatable bonds is 5. The van der Waals surface area contributed by atoms with Gasteiger partial charge in [-0.25, -0.2) is 4.98 Å². The molecule has 34 heavy (non-hydrogen) atoms. The van der Waals surface area contributed by atoms with Crippen molar-refractivity contribution < 1.29 is 4.79 Å². The fraction of sp³-hybridized carbons (Fsp3) is 0.333. The van der Waals surface area contributed by atoms with Crippen molar-refractivity contribution >= 4 is 17.4 Å². The number of piperazine rings is 1. The lowest BCUT2D eigenvalue weighted by molar-refractivity contribution is -0.129. The fourth-order valence-corrected chi connectivity index (χ4v) is 4.75. The number of nitrogens with zero attached hydrogens (tertiary/aromatic N) is 6. The highest BCUT2D eigenvalue weighted by Gasteiger charge is 2.21. The average molecular weight is 455 g/mol. The van der Waals surface area contributed by atoms with Gasteiger partial charge in [0, 0.05) is 57.3 Å². The third kappa shape index (κ3) is 4.38. The molecule has 4 heterocycles. The molecule has 0 radical (unpaired) electrons. The average Bonchev–Trinajstić information content (AvgIpc) is 3.27. The van der Waals surface area contributed by atoms with E-state index in [-0.39, 0.29) is 5.91 Å². The van der Waals surface area contributed by atoms with Crippen LogP contribution in [-0.2, 0) is 17.6 Å². The van der Waals surface area contributed by atoms with Gasteiger partial charge in [-0.2, -0.15) is 0 Å². The third-order valence-corrected chi connectivity index (χ3v) is 6.61. The molecule has 1 amide bonds. The quantitative estimate of drug-likeness (QED) is 0.458. The minimum atomic E-state index is 0.140. The van der Waals surface area contributed by atoms with Crippen LogP contribution >= 0.6 is 0 Å². The van der Waals surface area contributed by atoms with Crippen molar-refractivity contribution in [2.45, 2.75) is 33.6 Å². The van der Waals surface area contributed by atoms with Crippen LogP contribution in [0.2, 0.25) is 0 Å². The summed E-state index contributed by atoms with van der Waals surface area (Å²) in [6, 6.07) is 10.7. The monoisotopic (exact) mass is 454 g/mol. The summed E-state index contributed by atoms with van der Waals surface area (Å²) < 4.78 is 2.12. The van der Waals surface area contributed by atoms with E-state index < -0.39 is 0 Å². The van der Waals surface area contributed by atoms with Crippen LogP contribution in [0.15, 0.2) is 55.1 Å². The summed E-state index contributed by atoms with van der Waals surface area (Å²) in [5.74, 6) is 1.20. The number of amides is 1. The van der Waals surface area contributed by atoms with Crippen molar-refractivity contribution in [2.24, 2.45) is 0 Å². The Morgan fingerprint density at radius 2 is 1.79 bits per heavy atom. The molecule has 0 aliphatic carbocycles. The molecular weight excluding hydrogens is 424 g/mol. The van der Waals surface area contributed by atoms with Crippen LogP contribution < -0.4 is 4.90 Å². The molecule has 0 spiro atoms. The molecular formula is C27H30N6O. The molecule has 1 saturated heterocycles. The van der Waals surface area contributed by atoms with Gasteiger partial charge in [0.2, 0.25) is 5.91 Å². The number of carbonyl (C=O) groups is 1. The Morgan fingerprint density at radius 3 is 2.53 bits per heavy atom. The van der Waals surface area contributed by atoms with Gasteiger partial charge < -0.3 is 9.80 Å². The molecule has 0 saturated carbocycles. The predicted molar refractivity (Wildman–Crippen MR) is 134 cm³/mol. The lowest BCUT2D eigenvalue weighted by atomic mass is 10.0. The number of hydrogen-bond donors (Lipinski definition) is 0. The number of carbonyl (C=O) groups excluding carboxylic acids is 1. The SMILES string of the molecule is CC(=O)N1CCN(c2cnc3c(CCc4cnc(-c5cccc(C)c5)c(C)c4)nccn23)CC1. The number of aryl methyl sites for hydroxylation is 4. The van der Waals surface area contributed by atoms with Crippen LogP contribution in [0.4, 0.5) is 5.82 Å². The van der Waals surface area contributed by atoms with Crippen molar-refractivity contribution in [1.29, 1.82) is 0 Å². The zero-order valence-corrected chi connectivity index (χ0v) is 20.0. The number of aromatic nitrogens is 4. The maximum absolute atomic E-state index is 11.6. The van der Waals surface area contributed by atoms with Gasteiger partial charge in [-0.3, -0.25) is 19.2 Å². The first-order chi connectivity index (χ1) is 16.5. The summed E-state index contributed by atoms with van der Waals surface area (Å²) in [6.07, 6.45) is 9.38. The lowest BCUT2D eigenvalue weighted by Crippen LogP contribution is -2.48. The number of fused-ring (bicyclic) bond motifs is 1. The minimum Gasteiger partial charge on any atom is -0.353 e. The van der Waals surface area contributed by atoms with Crippen molar-refractivity contribution in [2.75, 3.05) is 31.1 Å². The second-order valence-corrected chi connectivity index (χ2v) is 9.06. The predicted octanol–water partition coefficient (Wildman–Crippen LogP) is 3.86. The van der Waals surface area contributed by atoms with E-state index in [0.717, 1.165) is 67.4 Å². The van der Waals surface area contributed by atoms with Crippen LogP contribution in [0, 0.1) is 13.8 Å². The molecule has 0 bridgehead atoms. The summed E-state index contributed by atoms with van der Waals surface area (Å²) in [7, 11) is 0. The number of anilines is 1. The van der Waals surface area contributed by atoms with E-state index in [4.69, 9.17) is 9.97 Å². The van der Waals surface area contributed by atoms with E-state index in [0.29, 0.717) is 0 Å². The first-order valence-electron chi connectivity index (χ1n) is 11.8. The number of pyridine rings is 1. The molecule has 7 nitrogen and oxygen atoms in total. The largest absolute Gasteiger partial charge is 0.353 e. The van der Waals surface area contributed by atoms with Crippen molar-refractivity contribution in [1.82, 2.24) is 24.3 Å². The van der Waals surface area contributed by atoms with Crippen molar-refractivity contribution in [3.8, 4) is 11.3 Å². The fourth-order valence-electron chi connectivity index (χ4n) is 4.75. The maximum Gasteiger partial charge on any atom is 0.219 e. The third-order valence-electron chi connectivity index (χ3n) is 6.61. The highest BCUT2D eigenvalue weighted by atomic mass is 16.2.